The van der Waals surface area contributed by atoms with E-state index < -0.39 is 0 Å². The number of aryl methyl sites for hydroxylation is 3. The van der Waals surface area contributed by atoms with Crippen LogP contribution in [0.15, 0.2) is 47.0 Å². The van der Waals surface area contributed by atoms with Crippen LogP contribution in [0.2, 0.25) is 0 Å². The molecule has 0 unspecified atom stereocenters. The van der Waals surface area contributed by atoms with E-state index in [1.807, 2.05) is 38.1 Å². The highest BCUT2D eigenvalue weighted by Gasteiger charge is 2.12. The minimum absolute atomic E-state index is 0.835. The highest BCUT2D eigenvalue weighted by molar-refractivity contribution is 5.75. The number of hydrogen-bond acceptors (Lipinski definition) is 4. The van der Waals surface area contributed by atoms with Crippen molar-refractivity contribution in [2.75, 3.05) is 12.4 Å². The number of hydrogen-bond donors (Lipinski definition) is 1. The Morgan fingerprint density at radius 1 is 1.00 bits per heavy atom. The molecule has 23 heavy (non-hydrogen) atoms. The molecule has 0 saturated heterocycles. The molecule has 4 heteroatoms. The van der Waals surface area contributed by atoms with E-state index in [-0.39, 0.29) is 0 Å². The van der Waals surface area contributed by atoms with Crippen molar-refractivity contribution in [1.29, 1.82) is 0 Å². The predicted octanol–water partition coefficient (Wildman–Crippen LogP) is 5.02. The van der Waals surface area contributed by atoms with Gasteiger partial charge in [0.2, 0.25) is 0 Å². The van der Waals surface area contributed by atoms with Gasteiger partial charge in [0, 0.05) is 16.9 Å². The summed E-state index contributed by atoms with van der Waals surface area (Å²) in [5.41, 5.74) is 6.32. The van der Waals surface area contributed by atoms with Crippen molar-refractivity contribution in [3.8, 4) is 16.9 Å². The molecule has 0 fully saturated rings. The fourth-order valence-corrected chi connectivity index (χ4v) is 2.64. The molecule has 0 spiro atoms. The number of anilines is 2. The van der Waals surface area contributed by atoms with E-state index in [4.69, 9.17) is 9.26 Å². The number of rotatable bonds is 4. The summed E-state index contributed by atoms with van der Waals surface area (Å²) in [6.07, 6.45) is 0. The Balaban J connectivity index is 1.94. The van der Waals surface area contributed by atoms with Gasteiger partial charge in [-0.15, -0.1) is 0 Å². The first kappa shape index (κ1) is 15.2. The van der Waals surface area contributed by atoms with Crippen molar-refractivity contribution >= 4 is 11.4 Å². The molecule has 0 radical (unpaired) electrons. The minimum atomic E-state index is 0.835. The summed E-state index contributed by atoms with van der Waals surface area (Å²) in [4.78, 5) is 0. The molecule has 2 aromatic carbocycles. The zero-order valence-electron chi connectivity index (χ0n) is 13.8. The Kier molecular flexibility index (Phi) is 4.06. The third kappa shape index (κ3) is 3.06. The van der Waals surface area contributed by atoms with Gasteiger partial charge in [-0.1, -0.05) is 17.3 Å². The molecule has 1 N–H and O–H groups in total. The second-order valence-electron chi connectivity index (χ2n) is 5.58. The van der Waals surface area contributed by atoms with E-state index in [0.717, 1.165) is 39.7 Å². The van der Waals surface area contributed by atoms with E-state index in [0.29, 0.717) is 0 Å². The Bertz CT molecular complexity index is 800. The summed E-state index contributed by atoms with van der Waals surface area (Å²) in [6, 6.07) is 14.2. The smallest absolute Gasteiger partial charge is 0.141 e. The van der Waals surface area contributed by atoms with Crippen LogP contribution >= 0.6 is 0 Å². The SMILES string of the molecule is COc1ccc(Nc2cc(-c3c(C)noc3C)ccc2C)cc1. The van der Waals surface area contributed by atoms with Crippen molar-refractivity contribution in [3.05, 3.63) is 59.5 Å². The van der Waals surface area contributed by atoms with Crippen molar-refractivity contribution in [3.63, 3.8) is 0 Å². The number of benzene rings is 2. The van der Waals surface area contributed by atoms with Crippen LogP contribution in [0, 0.1) is 20.8 Å². The van der Waals surface area contributed by atoms with Gasteiger partial charge in [0.25, 0.3) is 0 Å². The molecule has 4 nitrogen and oxygen atoms in total. The van der Waals surface area contributed by atoms with Crippen LogP contribution in [0.25, 0.3) is 11.1 Å². The van der Waals surface area contributed by atoms with Crippen LogP contribution in [0.5, 0.6) is 5.75 Å². The van der Waals surface area contributed by atoms with E-state index >= 15 is 0 Å². The van der Waals surface area contributed by atoms with Gasteiger partial charge in [0.1, 0.15) is 11.5 Å². The maximum atomic E-state index is 5.28. The fraction of sp³-hybridized carbons (Fsp3) is 0.211. The number of nitrogens with zero attached hydrogens (tertiary/aromatic N) is 1. The molecule has 1 aromatic heterocycles. The largest absolute Gasteiger partial charge is 0.497 e. The number of aromatic nitrogens is 1. The average molecular weight is 308 g/mol. The Morgan fingerprint density at radius 2 is 1.74 bits per heavy atom. The Labute approximate surface area is 136 Å². The van der Waals surface area contributed by atoms with Crippen LogP contribution in [-0.4, -0.2) is 12.3 Å². The van der Waals surface area contributed by atoms with Gasteiger partial charge in [-0.25, -0.2) is 0 Å². The average Bonchev–Trinajstić information content (AvgIpc) is 2.89. The molecule has 0 aliphatic carbocycles. The van der Waals surface area contributed by atoms with Crippen molar-refractivity contribution in [2.24, 2.45) is 0 Å². The highest BCUT2D eigenvalue weighted by atomic mass is 16.5. The topological polar surface area (TPSA) is 47.3 Å². The lowest BCUT2D eigenvalue weighted by Gasteiger charge is -2.12. The zero-order chi connectivity index (χ0) is 16.4. The highest BCUT2D eigenvalue weighted by Crippen LogP contribution is 2.31. The van der Waals surface area contributed by atoms with Gasteiger partial charge < -0.3 is 14.6 Å². The summed E-state index contributed by atoms with van der Waals surface area (Å²) in [7, 11) is 1.67. The van der Waals surface area contributed by atoms with E-state index in [1.54, 1.807) is 7.11 Å². The van der Waals surface area contributed by atoms with Crippen LogP contribution in [0.3, 0.4) is 0 Å². The minimum Gasteiger partial charge on any atom is -0.497 e. The molecule has 118 valence electrons. The van der Waals surface area contributed by atoms with Gasteiger partial charge >= 0.3 is 0 Å². The number of ether oxygens (including phenoxy) is 1. The predicted molar refractivity (Wildman–Crippen MR) is 92.4 cm³/mol. The Morgan fingerprint density at radius 3 is 2.35 bits per heavy atom. The van der Waals surface area contributed by atoms with Gasteiger partial charge in [-0.2, -0.15) is 0 Å². The molecule has 0 amide bonds. The normalized spacial score (nSPS) is 10.6. The van der Waals surface area contributed by atoms with E-state index in [1.165, 1.54) is 5.56 Å². The molecule has 0 atom stereocenters. The second kappa shape index (κ2) is 6.16. The third-order valence-corrected chi connectivity index (χ3v) is 3.93. The first-order valence-corrected chi connectivity index (χ1v) is 7.53. The van der Waals surface area contributed by atoms with E-state index in [2.05, 4.69) is 35.6 Å². The molecule has 0 bridgehead atoms. The van der Waals surface area contributed by atoms with E-state index in [9.17, 15) is 0 Å². The zero-order valence-corrected chi connectivity index (χ0v) is 13.8. The van der Waals surface area contributed by atoms with Gasteiger partial charge in [0.15, 0.2) is 0 Å². The van der Waals surface area contributed by atoms with Gasteiger partial charge in [0.05, 0.1) is 12.8 Å². The molecule has 0 saturated carbocycles. The molecule has 0 aliphatic heterocycles. The lowest BCUT2D eigenvalue weighted by molar-refractivity contribution is 0.393. The maximum Gasteiger partial charge on any atom is 0.141 e. The monoisotopic (exact) mass is 308 g/mol. The first-order valence-electron chi connectivity index (χ1n) is 7.53. The lowest BCUT2D eigenvalue weighted by Crippen LogP contribution is -1.94. The Hall–Kier alpha value is -2.75. The summed E-state index contributed by atoms with van der Waals surface area (Å²) >= 11 is 0. The number of nitrogens with one attached hydrogen (secondary N) is 1. The molecule has 3 rings (SSSR count). The quantitative estimate of drug-likeness (QED) is 0.735. The summed E-state index contributed by atoms with van der Waals surface area (Å²) in [5.74, 6) is 1.68. The standard InChI is InChI=1S/C19H20N2O2/c1-12-5-6-15(19-13(2)21-23-14(19)3)11-18(12)20-16-7-9-17(22-4)10-8-16/h5-11,20H,1-4H3. The summed E-state index contributed by atoms with van der Waals surface area (Å²) in [6.45, 7) is 5.98. The third-order valence-electron chi connectivity index (χ3n) is 3.93. The molecule has 0 aliphatic rings. The maximum absolute atomic E-state index is 5.28. The molecule has 3 aromatic rings. The van der Waals surface area contributed by atoms with Crippen molar-refractivity contribution in [1.82, 2.24) is 5.16 Å². The summed E-state index contributed by atoms with van der Waals surface area (Å²) < 4.78 is 10.5. The van der Waals surface area contributed by atoms with Crippen LogP contribution < -0.4 is 10.1 Å². The molecular formula is C19H20N2O2. The van der Waals surface area contributed by atoms with Crippen molar-refractivity contribution in [2.45, 2.75) is 20.8 Å². The van der Waals surface area contributed by atoms with Crippen LogP contribution in [0.4, 0.5) is 11.4 Å². The van der Waals surface area contributed by atoms with Crippen LogP contribution in [-0.2, 0) is 0 Å². The van der Waals surface area contributed by atoms with Gasteiger partial charge in [-0.05, 0) is 62.2 Å². The van der Waals surface area contributed by atoms with Gasteiger partial charge in [-0.3, -0.25) is 0 Å². The fourth-order valence-electron chi connectivity index (χ4n) is 2.64. The number of methoxy groups -OCH3 is 1. The van der Waals surface area contributed by atoms with Crippen LogP contribution in [0.1, 0.15) is 17.0 Å². The molecule has 1 heterocycles. The molecular weight excluding hydrogens is 288 g/mol. The van der Waals surface area contributed by atoms with Crippen molar-refractivity contribution < 1.29 is 9.26 Å². The second-order valence-corrected chi connectivity index (χ2v) is 5.58. The first-order chi connectivity index (χ1) is 11.1. The summed E-state index contributed by atoms with van der Waals surface area (Å²) in [5, 5.41) is 7.50. The lowest BCUT2D eigenvalue weighted by atomic mass is 10.0.